The lowest BCUT2D eigenvalue weighted by Gasteiger charge is -2.01. The summed E-state index contributed by atoms with van der Waals surface area (Å²) in [5, 5.41) is 0. The van der Waals surface area contributed by atoms with Crippen molar-refractivity contribution in [2.75, 3.05) is 12.0 Å². The molecule has 0 N–H and O–H groups in total. The van der Waals surface area contributed by atoms with Crippen LogP contribution in [0.25, 0.3) is 0 Å². The SMILES string of the molecule is Cc1cc(C(=O)CCCS(C)(=O)=O)ccn1. The normalized spacial score (nSPS) is 11.4. The van der Waals surface area contributed by atoms with Gasteiger partial charge in [-0.2, -0.15) is 0 Å². The van der Waals surface area contributed by atoms with Crippen LogP contribution in [0.3, 0.4) is 0 Å². The molecule has 0 aliphatic rings. The van der Waals surface area contributed by atoms with E-state index in [4.69, 9.17) is 0 Å². The summed E-state index contributed by atoms with van der Waals surface area (Å²) in [6.45, 7) is 1.81. The van der Waals surface area contributed by atoms with Crippen molar-refractivity contribution in [1.29, 1.82) is 0 Å². The molecular formula is C11H15NO3S. The van der Waals surface area contributed by atoms with Gasteiger partial charge in [-0.25, -0.2) is 8.42 Å². The number of pyridine rings is 1. The highest BCUT2D eigenvalue weighted by molar-refractivity contribution is 7.90. The van der Waals surface area contributed by atoms with Gasteiger partial charge in [-0.1, -0.05) is 0 Å². The van der Waals surface area contributed by atoms with Crippen LogP contribution < -0.4 is 0 Å². The first kappa shape index (κ1) is 12.8. The van der Waals surface area contributed by atoms with Gasteiger partial charge in [0, 0.05) is 30.1 Å². The third-order valence-corrected chi connectivity index (χ3v) is 3.17. The van der Waals surface area contributed by atoms with Gasteiger partial charge in [0.2, 0.25) is 0 Å². The molecule has 5 heteroatoms. The van der Waals surface area contributed by atoms with Crippen molar-refractivity contribution in [2.45, 2.75) is 19.8 Å². The first-order valence-corrected chi connectivity index (χ1v) is 7.08. The molecule has 0 saturated heterocycles. The van der Waals surface area contributed by atoms with E-state index in [0.717, 1.165) is 5.69 Å². The van der Waals surface area contributed by atoms with Gasteiger partial charge in [0.1, 0.15) is 9.84 Å². The van der Waals surface area contributed by atoms with E-state index in [0.29, 0.717) is 12.0 Å². The molecule has 0 aromatic carbocycles. The van der Waals surface area contributed by atoms with Gasteiger partial charge >= 0.3 is 0 Å². The smallest absolute Gasteiger partial charge is 0.163 e. The summed E-state index contributed by atoms with van der Waals surface area (Å²) in [6, 6.07) is 3.36. The van der Waals surface area contributed by atoms with Gasteiger partial charge in [-0.05, 0) is 25.5 Å². The van der Waals surface area contributed by atoms with Gasteiger partial charge in [0.05, 0.1) is 5.75 Å². The van der Waals surface area contributed by atoms with Crippen LogP contribution >= 0.6 is 0 Å². The van der Waals surface area contributed by atoms with Crippen LogP contribution in [0.15, 0.2) is 18.3 Å². The van der Waals surface area contributed by atoms with Crippen molar-refractivity contribution >= 4 is 15.6 Å². The highest BCUT2D eigenvalue weighted by Crippen LogP contribution is 2.07. The maximum absolute atomic E-state index is 11.7. The Morgan fingerprint density at radius 2 is 2.12 bits per heavy atom. The average Bonchev–Trinajstić information content (AvgIpc) is 2.15. The van der Waals surface area contributed by atoms with Crippen molar-refractivity contribution in [3.05, 3.63) is 29.6 Å². The molecule has 0 saturated carbocycles. The zero-order valence-corrected chi connectivity index (χ0v) is 10.3. The predicted molar refractivity (Wildman–Crippen MR) is 62.2 cm³/mol. The fourth-order valence-electron chi connectivity index (χ4n) is 1.36. The van der Waals surface area contributed by atoms with Crippen molar-refractivity contribution in [3.8, 4) is 0 Å². The van der Waals surface area contributed by atoms with Crippen LogP contribution in [0.2, 0.25) is 0 Å². The molecule has 16 heavy (non-hydrogen) atoms. The molecule has 0 radical (unpaired) electrons. The highest BCUT2D eigenvalue weighted by Gasteiger charge is 2.08. The minimum Gasteiger partial charge on any atom is -0.294 e. The first-order valence-electron chi connectivity index (χ1n) is 5.02. The van der Waals surface area contributed by atoms with E-state index >= 15 is 0 Å². The minimum absolute atomic E-state index is 0.0332. The van der Waals surface area contributed by atoms with Gasteiger partial charge < -0.3 is 0 Å². The number of rotatable bonds is 5. The molecule has 0 spiro atoms. The van der Waals surface area contributed by atoms with E-state index in [1.54, 1.807) is 18.3 Å². The van der Waals surface area contributed by atoms with Gasteiger partial charge in [-0.3, -0.25) is 9.78 Å². The number of nitrogens with zero attached hydrogens (tertiary/aromatic N) is 1. The van der Waals surface area contributed by atoms with Gasteiger partial charge in [0.25, 0.3) is 0 Å². The van der Waals surface area contributed by atoms with E-state index in [1.807, 2.05) is 6.92 Å². The molecule has 0 fully saturated rings. The van der Waals surface area contributed by atoms with E-state index in [1.165, 1.54) is 6.26 Å². The van der Waals surface area contributed by atoms with Crippen LogP contribution in [0, 0.1) is 6.92 Å². The Bertz CT molecular complexity index is 480. The summed E-state index contributed by atoms with van der Waals surface area (Å²) in [7, 11) is -2.97. The number of carbonyl (C=O) groups is 1. The van der Waals surface area contributed by atoms with Gasteiger partial charge in [-0.15, -0.1) is 0 Å². The Labute approximate surface area is 95.6 Å². The number of hydrogen-bond donors (Lipinski definition) is 0. The predicted octanol–water partition coefficient (Wildman–Crippen LogP) is 1.40. The average molecular weight is 241 g/mol. The van der Waals surface area contributed by atoms with Crippen LogP contribution in [-0.2, 0) is 9.84 Å². The van der Waals surface area contributed by atoms with E-state index in [2.05, 4.69) is 4.98 Å². The molecule has 0 aliphatic carbocycles. The lowest BCUT2D eigenvalue weighted by Crippen LogP contribution is -2.06. The summed E-state index contributed by atoms with van der Waals surface area (Å²) in [5.41, 5.74) is 1.38. The Hall–Kier alpha value is -1.23. The Morgan fingerprint density at radius 3 is 2.69 bits per heavy atom. The molecule has 0 bridgehead atoms. The molecule has 1 aromatic rings. The number of carbonyl (C=O) groups excluding carboxylic acids is 1. The Balaban J connectivity index is 2.54. The number of aryl methyl sites for hydroxylation is 1. The standard InChI is InChI=1S/C11H15NO3S/c1-9-8-10(5-6-12-9)11(13)4-3-7-16(2,14)15/h5-6,8H,3-4,7H2,1-2H3. The highest BCUT2D eigenvalue weighted by atomic mass is 32.2. The number of Topliss-reactive ketones (excluding diaryl/α,β-unsaturated/α-hetero) is 1. The van der Waals surface area contributed by atoms with Gasteiger partial charge in [0.15, 0.2) is 5.78 Å². The maximum Gasteiger partial charge on any atom is 0.163 e. The molecule has 0 atom stereocenters. The topological polar surface area (TPSA) is 64.1 Å². The third-order valence-electron chi connectivity index (χ3n) is 2.14. The number of aromatic nitrogens is 1. The quantitative estimate of drug-likeness (QED) is 0.731. The van der Waals surface area contributed by atoms with E-state index in [9.17, 15) is 13.2 Å². The monoisotopic (exact) mass is 241 g/mol. The molecule has 1 rings (SSSR count). The third kappa shape index (κ3) is 4.53. The molecule has 0 unspecified atom stereocenters. The molecule has 1 heterocycles. The molecule has 0 amide bonds. The van der Waals surface area contributed by atoms with Crippen LogP contribution in [0.4, 0.5) is 0 Å². The molecule has 4 nitrogen and oxygen atoms in total. The maximum atomic E-state index is 11.7. The number of sulfone groups is 1. The zero-order valence-electron chi connectivity index (χ0n) is 9.43. The lowest BCUT2D eigenvalue weighted by molar-refractivity contribution is 0.0982. The second-order valence-electron chi connectivity index (χ2n) is 3.84. The number of ketones is 1. The van der Waals surface area contributed by atoms with Crippen molar-refractivity contribution in [1.82, 2.24) is 4.98 Å². The van der Waals surface area contributed by atoms with Crippen LogP contribution in [0.1, 0.15) is 28.9 Å². The second-order valence-corrected chi connectivity index (χ2v) is 6.10. The van der Waals surface area contributed by atoms with Crippen molar-refractivity contribution < 1.29 is 13.2 Å². The number of hydrogen-bond acceptors (Lipinski definition) is 4. The summed E-state index contributed by atoms with van der Waals surface area (Å²) < 4.78 is 21.8. The Morgan fingerprint density at radius 1 is 1.44 bits per heavy atom. The van der Waals surface area contributed by atoms with Crippen molar-refractivity contribution in [3.63, 3.8) is 0 Å². The summed E-state index contributed by atoms with van der Waals surface area (Å²) in [6.07, 6.45) is 3.39. The molecule has 0 aliphatic heterocycles. The zero-order chi connectivity index (χ0) is 12.2. The minimum atomic E-state index is -2.97. The molecule has 1 aromatic heterocycles. The summed E-state index contributed by atoms with van der Waals surface area (Å²) in [5.74, 6) is 0.0251. The van der Waals surface area contributed by atoms with Crippen LogP contribution in [-0.4, -0.2) is 31.2 Å². The fraction of sp³-hybridized carbons (Fsp3) is 0.455. The summed E-state index contributed by atoms with van der Waals surface area (Å²) in [4.78, 5) is 15.7. The van der Waals surface area contributed by atoms with Crippen molar-refractivity contribution in [2.24, 2.45) is 0 Å². The van der Waals surface area contributed by atoms with E-state index < -0.39 is 9.84 Å². The fourth-order valence-corrected chi connectivity index (χ4v) is 2.03. The second kappa shape index (κ2) is 5.21. The lowest BCUT2D eigenvalue weighted by atomic mass is 10.1. The van der Waals surface area contributed by atoms with E-state index in [-0.39, 0.29) is 18.0 Å². The summed E-state index contributed by atoms with van der Waals surface area (Å²) >= 11 is 0. The van der Waals surface area contributed by atoms with Crippen LogP contribution in [0.5, 0.6) is 0 Å². The molecule has 88 valence electrons. The largest absolute Gasteiger partial charge is 0.294 e. The Kier molecular flexibility index (Phi) is 4.18. The first-order chi connectivity index (χ1) is 7.38. The molecular weight excluding hydrogens is 226 g/mol.